The number of amides is 2. The van der Waals surface area contributed by atoms with Crippen LogP contribution in [0.25, 0.3) is 11.1 Å². The van der Waals surface area contributed by atoms with E-state index in [1.54, 1.807) is 30.3 Å². The number of carbonyl (C=O) groups is 2. The number of rotatable bonds is 6. The standard InChI is InChI=1S/C21H24FN3O4/c22-15-7-8-16(17(23)11-15)14-5-3-13(4-6-14)12-24-20(28)18(26)19(27)21(29)25-9-1-2-10-25/h3-8,11,18-19,26-27H,1-2,9-10,12,23H2,(H,24,28)/t18-,19-/m1/s1. The van der Waals surface area contributed by atoms with Gasteiger partial charge in [0.2, 0.25) is 0 Å². The Hall–Kier alpha value is -2.97. The van der Waals surface area contributed by atoms with E-state index in [-0.39, 0.29) is 6.54 Å². The minimum Gasteiger partial charge on any atom is -0.398 e. The van der Waals surface area contributed by atoms with Crippen LogP contribution in [0.2, 0.25) is 0 Å². The van der Waals surface area contributed by atoms with E-state index in [1.807, 2.05) is 0 Å². The number of aliphatic hydroxyl groups excluding tert-OH is 2. The Morgan fingerprint density at radius 3 is 2.34 bits per heavy atom. The summed E-state index contributed by atoms with van der Waals surface area (Å²) in [7, 11) is 0. The smallest absolute Gasteiger partial charge is 0.254 e. The summed E-state index contributed by atoms with van der Waals surface area (Å²) in [6, 6.07) is 11.3. The van der Waals surface area contributed by atoms with Crippen LogP contribution >= 0.6 is 0 Å². The highest BCUT2D eigenvalue weighted by molar-refractivity contribution is 5.90. The molecule has 0 aliphatic carbocycles. The number of halogens is 1. The van der Waals surface area contributed by atoms with Crippen LogP contribution in [0.1, 0.15) is 18.4 Å². The molecule has 1 aliphatic rings. The first kappa shape index (κ1) is 20.8. The molecule has 1 fully saturated rings. The summed E-state index contributed by atoms with van der Waals surface area (Å²) >= 11 is 0. The van der Waals surface area contributed by atoms with E-state index in [1.165, 1.54) is 17.0 Å². The van der Waals surface area contributed by atoms with Crippen molar-refractivity contribution in [1.82, 2.24) is 10.2 Å². The van der Waals surface area contributed by atoms with Gasteiger partial charge in [0.25, 0.3) is 11.8 Å². The van der Waals surface area contributed by atoms with Gasteiger partial charge in [-0.3, -0.25) is 9.59 Å². The number of anilines is 1. The highest BCUT2D eigenvalue weighted by Crippen LogP contribution is 2.26. The lowest BCUT2D eigenvalue weighted by atomic mass is 10.0. The third-order valence-corrected chi connectivity index (χ3v) is 4.98. The fourth-order valence-corrected chi connectivity index (χ4v) is 3.30. The monoisotopic (exact) mass is 401 g/mol. The summed E-state index contributed by atoms with van der Waals surface area (Å²) in [6.45, 7) is 1.16. The molecule has 5 N–H and O–H groups in total. The summed E-state index contributed by atoms with van der Waals surface area (Å²) in [5.74, 6) is -1.86. The van der Waals surface area contributed by atoms with Gasteiger partial charge in [-0.15, -0.1) is 0 Å². The Labute approximate surface area is 167 Å². The van der Waals surface area contributed by atoms with Crippen molar-refractivity contribution in [1.29, 1.82) is 0 Å². The van der Waals surface area contributed by atoms with Crippen molar-refractivity contribution in [3.8, 4) is 11.1 Å². The maximum absolute atomic E-state index is 13.2. The Morgan fingerprint density at radius 2 is 1.72 bits per heavy atom. The SMILES string of the molecule is Nc1cc(F)ccc1-c1ccc(CNC(=O)[C@H](O)[C@@H](O)C(=O)N2CCCC2)cc1. The third kappa shape index (κ3) is 4.90. The number of aliphatic hydroxyl groups is 2. The Bertz CT molecular complexity index is 882. The van der Waals surface area contributed by atoms with E-state index in [4.69, 9.17) is 5.73 Å². The number of nitrogens with one attached hydrogen (secondary N) is 1. The summed E-state index contributed by atoms with van der Waals surface area (Å²) in [5.41, 5.74) is 8.40. The molecule has 0 spiro atoms. The second-order valence-corrected chi connectivity index (χ2v) is 7.07. The van der Waals surface area contributed by atoms with Gasteiger partial charge in [-0.1, -0.05) is 24.3 Å². The summed E-state index contributed by atoms with van der Waals surface area (Å²) in [4.78, 5) is 25.6. The molecule has 0 bridgehead atoms. The Kier molecular flexibility index (Phi) is 6.46. The van der Waals surface area contributed by atoms with Crippen LogP contribution in [0.5, 0.6) is 0 Å². The molecule has 8 heteroatoms. The molecule has 1 heterocycles. The van der Waals surface area contributed by atoms with E-state index in [2.05, 4.69) is 5.32 Å². The average molecular weight is 401 g/mol. The molecule has 1 saturated heterocycles. The van der Waals surface area contributed by atoms with Gasteiger partial charge < -0.3 is 26.2 Å². The van der Waals surface area contributed by atoms with Gasteiger partial charge >= 0.3 is 0 Å². The number of benzene rings is 2. The number of nitrogens with zero attached hydrogens (tertiary/aromatic N) is 1. The first-order valence-corrected chi connectivity index (χ1v) is 9.44. The molecular weight excluding hydrogens is 377 g/mol. The number of hydrogen-bond acceptors (Lipinski definition) is 5. The molecule has 0 unspecified atom stereocenters. The number of nitrogens with two attached hydrogens (primary N) is 1. The number of carbonyl (C=O) groups excluding carboxylic acids is 2. The normalized spacial score (nSPS) is 15.8. The predicted molar refractivity (Wildman–Crippen MR) is 106 cm³/mol. The largest absolute Gasteiger partial charge is 0.398 e. The van der Waals surface area contributed by atoms with Crippen molar-refractivity contribution in [2.45, 2.75) is 31.6 Å². The molecule has 7 nitrogen and oxygen atoms in total. The van der Waals surface area contributed by atoms with Crippen LogP contribution in [0.15, 0.2) is 42.5 Å². The molecule has 3 rings (SSSR count). The third-order valence-electron chi connectivity index (χ3n) is 4.98. The average Bonchev–Trinajstić information content (AvgIpc) is 3.26. The van der Waals surface area contributed by atoms with Crippen LogP contribution < -0.4 is 11.1 Å². The predicted octanol–water partition coefficient (Wildman–Crippen LogP) is 1.04. The minimum atomic E-state index is -1.83. The van der Waals surface area contributed by atoms with Gasteiger partial charge in [-0.05, 0) is 42.2 Å². The summed E-state index contributed by atoms with van der Waals surface area (Å²) < 4.78 is 13.2. The lowest BCUT2D eigenvalue weighted by Crippen LogP contribution is -2.50. The van der Waals surface area contributed by atoms with Gasteiger partial charge in [-0.25, -0.2) is 4.39 Å². The van der Waals surface area contributed by atoms with Crippen molar-refractivity contribution in [2.75, 3.05) is 18.8 Å². The van der Waals surface area contributed by atoms with Crippen molar-refractivity contribution in [2.24, 2.45) is 0 Å². The summed E-state index contributed by atoms with van der Waals surface area (Å²) in [6.07, 6.45) is -1.92. The van der Waals surface area contributed by atoms with Gasteiger partial charge in [0, 0.05) is 30.9 Å². The highest BCUT2D eigenvalue weighted by Gasteiger charge is 2.34. The highest BCUT2D eigenvalue weighted by atomic mass is 19.1. The Morgan fingerprint density at radius 1 is 1.07 bits per heavy atom. The zero-order valence-electron chi connectivity index (χ0n) is 15.8. The van der Waals surface area contributed by atoms with Crippen LogP contribution in [-0.2, 0) is 16.1 Å². The van der Waals surface area contributed by atoms with Crippen molar-refractivity contribution in [3.63, 3.8) is 0 Å². The first-order chi connectivity index (χ1) is 13.9. The fraction of sp³-hybridized carbons (Fsp3) is 0.333. The van der Waals surface area contributed by atoms with E-state index < -0.39 is 29.8 Å². The molecule has 2 aromatic carbocycles. The van der Waals surface area contributed by atoms with Crippen LogP contribution in [0, 0.1) is 5.82 Å². The van der Waals surface area contributed by atoms with Crippen LogP contribution in [0.4, 0.5) is 10.1 Å². The molecule has 29 heavy (non-hydrogen) atoms. The zero-order valence-corrected chi connectivity index (χ0v) is 15.8. The molecule has 2 amide bonds. The maximum atomic E-state index is 13.2. The molecule has 1 aliphatic heterocycles. The fourth-order valence-electron chi connectivity index (χ4n) is 3.30. The molecule has 154 valence electrons. The van der Waals surface area contributed by atoms with Crippen molar-refractivity contribution in [3.05, 3.63) is 53.8 Å². The summed E-state index contributed by atoms with van der Waals surface area (Å²) in [5, 5.41) is 22.5. The molecular formula is C21H24FN3O4. The number of likely N-dealkylation sites (tertiary alicyclic amines) is 1. The minimum absolute atomic E-state index is 0.111. The topological polar surface area (TPSA) is 116 Å². The van der Waals surface area contributed by atoms with E-state index in [0.29, 0.717) is 24.3 Å². The second kappa shape index (κ2) is 9.02. The molecule has 2 aromatic rings. The van der Waals surface area contributed by atoms with Crippen LogP contribution in [-0.4, -0.2) is 52.2 Å². The lowest BCUT2D eigenvalue weighted by Gasteiger charge is -2.22. The first-order valence-electron chi connectivity index (χ1n) is 9.44. The molecule has 0 saturated carbocycles. The lowest BCUT2D eigenvalue weighted by molar-refractivity contribution is -0.152. The number of hydrogen-bond donors (Lipinski definition) is 4. The molecule has 0 radical (unpaired) electrons. The molecule has 0 aromatic heterocycles. The number of nitrogen functional groups attached to an aromatic ring is 1. The van der Waals surface area contributed by atoms with E-state index >= 15 is 0 Å². The maximum Gasteiger partial charge on any atom is 0.254 e. The van der Waals surface area contributed by atoms with Gasteiger partial charge in [0.15, 0.2) is 12.2 Å². The van der Waals surface area contributed by atoms with Gasteiger partial charge in [0.1, 0.15) is 5.82 Å². The van der Waals surface area contributed by atoms with E-state index in [0.717, 1.165) is 24.0 Å². The van der Waals surface area contributed by atoms with Crippen LogP contribution in [0.3, 0.4) is 0 Å². The Balaban J connectivity index is 1.56. The van der Waals surface area contributed by atoms with Crippen molar-refractivity contribution < 1.29 is 24.2 Å². The molecule has 2 atom stereocenters. The van der Waals surface area contributed by atoms with Crippen molar-refractivity contribution >= 4 is 17.5 Å². The van der Waals surface area contributed by atoms with Gasteiger partial charge in [-0.2, -0.15) is 0 Å². The zero-order chi connectivity index (χ0) is 21.0. The second-order valence-electron chi connectivity index (χ2n) is 7.07. The van der Waals surface area contributed by atoms with Gasteiger partial charge in [0.05, 0.1) is 0 Å². The quantitative estimate of drug-likeness (QED) is 0.540. The van der Waals surface area contributed by atoms with E-state index in [9.17, 15) is 24.2 Å².